The summed E-state index contributed by atoms with van der Waals surface area (Å²) in [6.45, 7) is 0. The number of rotatable bonds is 5. The number of fused-ring (bicyclic) bond motifs is 9. The van der Waals surface area contributed by atoms with Gasteiger partial charge in [-0.15, -0.1) is 0 Å². The number of nitrogens with zero attached hydrogens (tertiary/aromatic N) is 4. The minimum absolute atomic E-state index is 0.580. The molecule has 0 saturated heterocycles. The maximum atomic E-state index is 6.54. The van der Waals surface area contributed by atoms with Crippen LogP contribution in [0.25, 0.3) is 117 Å². The van der Waals surface area contributed by atoms with E-state index in [1.165, 1.54) is 21.9 Å². The molecule has 0 aliphatic carbocycles. The van der Waals surface area contributed by atoms with Crippen LogP contribution in [-0.4, -0.2) is 19.5 Å². The number of para-hydroxylation sites is 1. The van der Waals surface area contributed by atoms with Gasteiger partial charge in [0.05, 0.1) is 11.0 Å². The van der Waals surface area contributed by atoms with Crippen LogP contribution in [0.5, 0.6) is 0 Å². The molecular weight excluding hydrogens is 701 g/mol. The minimum Gasteiger partial charge on any atom is -0.456 e. The maximum absolute atomic E-state index is 6.54. The third-order valence-electron chi connectivity index (χ3n) is 11.0. The van der Waals surface area contributed by atoms with Crippen molar-refractivity contribution < 1.29 is 8.83 Å². The molecule has 0 aliphatic heterocycles. The molecule has 0 N–H and O–H groups in total. The fourth-order valence-corrected chi connectivity index (χ4v) is 8.40. The lowest BCUT2D eigenvalue weighted by molar-refractivity contribution is 0.656. The van der Waals surface area contributed by atoms with E-state index in [2.05, 4.69) is 108 Å². The van der Waals surface area contributed by atoms with Crippen LogP contribution in [0, 0.1) is 0 Å². The topological polar surface area (TPSA) is 69.9 Å². The highest BCUT2D eigenvalue weighted by atomic mass is 16.3. The molecule has 0 unspecified atom stereocenters. The predicted molar refractivity (Wildman–Crippen MR) is 230 cm³/mol. The molecule has 0 saturated carbocycles. The van der Waals surface area contributed by atoms with E-state index in [1.807, 2.05) is 78.9 Å². The van der Waals surface area contributed by atoms with E-state index in [9.17, 15) is 0 Å². The Labute approximate surface area is 325 Å². The predicted octanol–water partition coefficient (Wildman–Crippen LogP) is 13.4. The molecular formula is C51H30N4O2. The molecule has 0 atom stereocenters. The van der Waals surface area contributed by atoms with E-state index in [-0.39, 0.29) is 0 Å². The van der Waals surface area contributed by atoms with Crippen LogP contribution in [0.3, 0.4) is 0 Å². The lowest BCUT2D eigenvalue weighted by atomic mass is 10.0. The zero-order valence-corrected chi connectivity index (χ0v) is 30.4. The van der Waals surface area contributed by atoms with Gasteiger partial charge in [-0.25, -0.2) is 15.0 Å². The van der Waals surface area contributed by atoms with E-state index >= 15 is 0 Å². The highest BCUT2D eigenvalue weighted by molar-refractivity contribution is 6.18. The van der Waals surface area contributed by atoms with Gasteiger partial charge in [-0.1, -0.05) is 133 Å². The fraction of sp³-hybridized carbons (Fsp3) is 0. The van der Waals surface area contributed by atoms with Gasteiger partial charge in [0.2, 0.25) is 0 Å². The second-order valence-corrected chi connectivity index (χ2v) is 14.4. The van der Waals surface area contributed by atoms with Crippen LogP contribution in [0.15, 0.2) is 191 Å². The molecule has 0 bridgehead atoms. The summed E-state index contributed by atoms with van der Waals surface area (Å²) >= 11 is 0. The molecule has 12 aromatic rings. The fourth-order valence-electron chi connectivity index (χ4n) is 8.40. The van der Waals surface area contributed by atoms with Crippen LogP contribution in [-0.2, 0) is 0 Å². The van der Waals surface area contributed by atoms with Crippen LogP contribution in [0.1, 0.15) is 0 Å². The Hall–Kier alpha value is -7.83. The van der Waals surface area contributed by atoms with Crippen molar-refractivity contribution in [2.24, 2.45) is 0 Å². The van der Waals surface area contributed by atoms with E-state index in [0.717, 1.165) is 77.3 Å². The Bertz CT molecular complexity index is 3450. The summed E-state index contributed by atoms with van der Waals surface area (Å²) in [4.78, 5) is 15.1. The van der Waals surface area contributed by atoms with Crippen molar-refractivity contribution in [1.29, 1.82) is 0 Å². The molecule has 0 amide bonds. The zero-order valence-electron chi connectivity index (χ0n) is 30.4. The van der Waals surface area contributed by atoms with Gasteiger partial charge in [-0.05, 0) is 53.6 Å². The number of hydrogen-bond donors (Lipinski definition) is 0. The van der Waals surface area contributed by atoms with Gasteiger partial charge in [0.1, 0.15) is 22.3 Å². The standard InChI is InChI=1S/C51H30N4O2/c1-4-13-31(14-5-1)34-23-25-37-36-19-10-11-21-42(36)55(43(37)27-34)35-24-26-44-39(28-35)40-29-41-47(30-46(40)56-44)57-45-22-12-20-38(48(41)45)51-53-49(32-15-6-2-7-16-32)52-50(54-51)33-17-8-3-9-18-33/h1-30H. The van der Waals surface area contributed by atoms with Crippen molar-refractivity contribution in [2.75, 3.05) is 0 Å². The van der Waals surface area contributed by atoms with E-state index in [1.54, 1.807) is 0 Å². The highest BCUT2D eigenvalue weighted by Crippen LogP contribution is 2.42. The molecule has 0 fully saturated rings. The first kappa shape index (κ1) is 31.5. The van der Waals surface area contributed by atoms with Crippen LogP contribution in [0.2, 0.25) is 0 Å². The first-order valence-corrected chi connectivity index (χ1v) is 19.0. The summed E-state index contributed by atoms with van der Waals surface area (Å²) in [6.07, 6.45) is 0. The smallest absolute Gasteiger partial charge is 0.164 e. The molecule has 6 nitrogen and oxygen atoms in total. The van der Waals surface area contributed by atoms with Gasteiger partial charge < -0.3 is 13.4 Å². The second kappa shape index (κ2) is 12.3. The van der Waals surface area contributed by atoms with Gasteiger partial charge in [0, 0.05) is 60.8 Å². The number of hydrogen-bond acceptors (Lipinski definition) is 5. The lowest BCUT2D eigenvalue weighted by Crippen LogP contribution is -2.00. The summed E-state index contributed by atoms with van der Waals surface area (Å²) < 4.78 is 15.4. The van der Waals surface area contributed by atoms with Gasteiger partial charge in [-0.3, -0.25) is 0 Å². The summed E-state index contributed by atoms with van der Waals surface area (Å²) in [6, 6.07) is 62.8. The average Bonchev–Trinajstić information content (AvgIpc) is 3.94. The monoisotopic (exact) mass is 730 g/mol. The summed E-state index contributed by atoms with van der Waals surface area (Å²) in [5.41, 5.74) is 11.5. The molecule has 12 rings (SSSR count). The van der Waals surface area contributed by atoms with Crippen molar-refractivity contribution in [3.63, 3.8) is 0 Å². The number of benzene rings is 8. The molecule has 6 heteroatoms. The largest absolute Gasteiger partial charge is 0.456 e. The maximum Gasteiger partial charge on any atom is 0.164 e. The van der Waals surface area contributed by atoms with Gasteiger partial charge in [0.15, 0.2) is 17.5 Å². The van der Waals surface area contributed by atoms with Gasteiger partial charge in [-0.2, -0.15) is 0 Å². The van der Waals surface area contributed by atoms with E-state index < -0.39 is 0 Å². The van der Waals surface area contributed by atoms with Gasteiger partial charge in [0.25, 0.3) is 0 Å². The first-order valence-electron chi connectivity index (χ1n) is 19.0. The lowest BCUT2D eigenvalue weighted by Gasteiger charge is -2.09. The average molecular weight is 731 g/mol. The number of furan rings is 2. The Balaban J connectivity index is 1.07. The quantitative estimate of drug-likeness (QED) is 0.176. The van der Waals surface area contributed by atoms with Crippen molar-refractivity contribution >= 4 is 65.7 Å². The molecule has 0 aliphatic rings. The Morgan fingerprint density at radius 3 is 1.70 bits per heavy atom. The Kier molecular flexibility index (Phi) is 6.83. The first-order chi connectivity index (χ1) is 28.2. The molecule has 266 valence electrons. The Morgan fingerprint density at radius 2 is 0.947 bits per heavy atom. The number of aromatic nitrogens is 4. The SMILES string of the molecule is c1ccc(-c2ccc3c4ccccc4n(-c4ccc5oc6cc7oc8cccc(-c9nc(-c%10ccccc%10)nc(-c%10ccccc%10)n9)c8c7cc6c5c4)c3c2)cc1. The van der Waals surface area contributed by atoms with E-state index in [4.69, 9.17) is 23.8 Å². The van der Waals surface area contributed by atoms with E-state index in [0.29, 0.717) is 17.5 Å². The summed E-state index contributed by atoms with van der Waals surface area (Å²) in [5, 5.41) is 6.37. The molecule has 4 heterocycles. The van der Waals surface area contributed by atoms with Crippen LogP contribution in [0.4, 0.5) is 0 Å². The van der Waals surface area contributed by atoms with Crippen molar-refractivity contribution in [1.82, 2.24) is 19.5 Å². The molecule has 0 radical (unpaired) electrons. The molecule has 57 heavy (non-hydrogen) atoms. The second-order valence-electron chi connectivity index (χ2n) is 14.4. The van der Waals surface area contributed by atoms with Crippen molar-refractivity contribution in [2.45, 2.75) is 0 Å². The zero-order chi connectivity index (χ0) is 37.5. The third kappa shape index (κ3) is 5.01. The molecule has 8 aromatic carbocycles. The van der Waals surface area contributed by atoms with Crippen molar-refractivity contribution in [3.05, 3.63) is 182 Å². The third-order valence-corrected chi connectivity index (χ3v) is 11.0. The summed E-state index contributed by atoms with van der Waals surface area (Å²) in [5.74, 6) is 1.80. The van der Waals surface area contributed by atoms with Crippen molar-refractivity contribution in [3.8, 4) is 51.0 Å². The van der Waals surface area contributed by atoms with Gasteiger partial charge >= 0.3 is 0 Å². The summed E-state index contributed by atoms with van der Waals surface area (Å²) in [7, 11) is 0. The molecule has 0 spiro atoms. The Morgan fingerprint density at radius 1 is 0.333 bits per heavy atom. The minimum atomic E-state index is 0.580. The highest BCUT2D eigenvalue weighted by Gasteiger charge is 2.21. The molecule has 4 aromatic heterocycles. The van der Waals surface area contributed by atoms with Crippen LogP contribution >= 0.6 is 0 Å². The van der Waals surface area contributed by atoms with Crippen LogP contribution < -0.4 is 0 Å². The normalized spacial score (nSPS) is 11.9.